The van der Waals surface area contributed by atoms with E-state index in [0.29, 0.717) is 11.4 Å². The van der Waals surface area contributed by atoms with Crippen molar-refractivity contribution in [3.8, 4) is 5.75 Å². The molecule has 2 aromatic rings. The highest BCUT2D eigenvalue weighted by Gasteiger charge is 2.43. The van der Waals surface area contributed by atoms with E-state index in [1.807, 2.05) is 0 Å². The molecular formula is C22H29FN6O2. The Labute approximate surface area is 181 Å². The van der Waals surface area contributed by atoms with Gasteiger partial charge in [-0.05, 0) is 65.8 Å². The van der Waals surface area contributed by atoms with Gasteiger partial charge < -0.3 is 15.5 Å². The number of hydrogen-bond acceptors (Lipinski definition) is 7. The van der Waals surface area contributed by atoms with Gasteiger partial charge in [0.2, 0.25) is 5.95 Å². The second-order valence-corrected chi connectivity index (χ2v) is 9.58. The number of piperidine rings is 1. The Hall–Kier alpha value is -2.94. The number of carbonyl (C=O) groups is 1. The predicted molar refractivity (Wildman–Crippen MR) is 117 cm³/mol. The van der Waals surface area contributed by atoms with Crippen LogP contribution in [0.15, 0.2) is 24.4 Å². The van der Waals surface area contributed by atoms with Crippen molar-refractivity contribution in [1.82, 2.24) is 20.3 Å². The average molecular weight is 429 g/mol. The number of fused-ring (bicyclic) bond motifs is 1. The summed E-state index contributed by atoms with van der Waals surface area (Å²) in [6.45, 7) is 8.80. The molecule has 1 fully saturated rings. The molecule has 1 saturated heterocycles. The standard InChI is InChI=1S/C22H29FN6O2/c1-21(2)10-15(11-22(3,4)29(21)5)25-19-16(23)12-24-20(27-19)26-14-6-7-17-13(8-14)9-18(30)28-31-17/h6-8,12,15H,9-11H2,1-5H3,(H,28,30)(H2,24,25,26,27). The number of hydroxylamine groups is 1. The van der Waals surface area contributed by atoms with Crippen LogP contribution in [0.5, 0.6) is 5.75 Å². The lowest BCUT2D eigenvalue weighted by molar-refractivity contribution is -0.128. The number of nitrogens with one attached hydrogen (secondary N) is 3. The average Bonchev–Trinajstić information content (AvgIpc) is 2.68. The lowest BCUT2D eigenvalue weighted by atomic mass is 9.77. The molecule has 0 radical (unpaired) electrons. The molecule has 3 heterocycles. The maximum Gasteiger partial charge on any atom is 0.257 e. The van der Waals surface area contributed by atoms with Crippen LogP contribution in [0.2, 0.25) is 0 Å². The molecule has 8 nitrogen and oxygen atoms in total. The number of nitrogens with zero attached hydrogens (tertiary/aromatic N) is 3. The molecule has 0 bridgehead atoms. The molecule has 0 saturated carbocycles. The van der Waals surface area contributed by atoms with Crippen LogP contribution in [0.1, 0.15) is 46.1 Å². The molecule has 3 N–H and O–H groups in total. The van der Waals surface area contributed by atoms with Crippen molar-refractivity contribution in [3.05, 3.63) is 35.8 Å². The highest BCUT2D eigenvalue weighted by Crippen LogP contribution is 2.38. The van der Waals surface area contributed by atoms with Crippen LogP contribution in [0.4, 0.5) is 21.8 Å². The van der Waals surface area contributed by atoms with Crippen LogP contribution in [-0.4, -0.2) is 44.9 Å². The van der Waals surface area contributed by atoms with Crippen molar-refractivity contribution in [2.75, 3.05) is 17.7 Å². The fourth-order valence-corrected chi connectivity index (χ4v) is 4.54. The van der Waals surface area contributed by atoms with Crippen molar-refractivity contribution in [2.24, 2.45) is 0 Å². The molecule has 0 spiro atoms. The normalized spacial score (nSPS) is 20.4. The van der Waals surface area contributed by atoms with Gasteiger partial charge in [-0.1, -0.05) is 0 Å². The molecular weight excluding hydrogens is 399 g/mol. The zero-order valence-electron chi connectivity index (χ0n) is 18.5. The summed E-state index contributed by atoms with van der Waals surface area (Å²) < 4.78 is 14.5. The largest absolute Gasteiger partial charge is 0.379 e. The number of anilines is 3. The van der Waals surface area contributed by atoms with E-state index in [9.17, 15) is 9.18 Å². The molecule has 4 rings (SSSR count). The van der Waals surface area contributed by atoms with Gasteiger partial charge in [0.1, 0.15) is 0 Å². The van der Waals surface area contributed by atoms with Crippen LogP contribution < -0.4 is 21.0 Å². The van der Waals surface area contributed by atoms with E-state index >= 15 is 0 Å². The zero-order valence-corrected chi connectivity index (χ0v) is 18.5. The van der Waals surface area contributed by atoms with E-state index in [-0.39, 0.29) is 41.2 Å². The Morgan fingerprint density at radius 1 is 1.23 bits per heavy atom. The highest BCUT2D eigenvalue weighted by atomic mass is 19.1. The van der Waals surface area contributed by atoms with Crippen molar-refractivity contribution in [2.45, 2.75) is 64.1 Å². The Kier molecular flexibility index (Phi) is 5.25. The maximum absolute atomic E-state index is 14.5. The van der Waals surface area contributed by atoms with Crippen LogP contribution in [-0.2, 0) is 11.2 Å². The number of rotatable bonds is 4. The summed E-state index contributed by atoms with van der Waals surface area (Å²) in [5.74, 6) is 0.351. The second kappa shape index (κ2) is 7.64. The number of carbonyl (C=O) groups excluding carboxylic acids is 1. The number of amides is 1. The van der Waals surface area contributed by atoms with Gasteiger partial charge in [0.25, 0.3) is 5.91 Å². The molecule has 0 atom stereocenters. The smallest absolute Gasteiger partial charge is 0.257 e. The first-order valence-electron chi connectivity index (χ1n) is 10.4. The third kappa shape index (κ3) is 4.41. The van der Waals surface area contributed by atoms with Crippen molar-refractivity contribution < 1.29 is 14.0 Å². The van der Waals surface area contributed by atoms with E-state index < -0.39 is 5.82 Å². The SMILES string of the molecule is CN1C(C)(C)CC(Nc2nc(Nc3ccc4c(c3)CC(=O)NO4)ncc2F)CC1(C)C. The third-order valence-corrected chi connectivity index (χ3v) is 6.34. The first-order valence-corrected chi connectivity index (χ1v) is 10.4. The summed E-state index contributed by atoms with van der Waals surface area (Å²) in [6, 6.07) is 5.43. The first-order chi connectivity index (χ1) is 14.5. The van der Waals surface area contributed by atoms with Gasteiger partial charge in [-0.25, -0.2) is 9.37 Å². The van der Waals surface area contributed by atoms with Crippen molar-refractivity contribution >= 4 is 23.4 Å². The van der Waals surface area contributed by atoms with E-state index in [2.05, 4.69) is 65.7 Å². The van der Waals surface area contributed by atoms with Gasteiger partial charge >= 0.3 is 0 Å². The number of halogens is 1. The fraction of sp³-hybridized carbons (Fsp3) is 0.500. The summed E-state index contributed by atoms with van der Waals surface area (Å²) in [7, 11) is 2.14. The second-order valence-electron chi connectivity index (χ2n) is 9.58. The predicted octanol–water partition coefficient (Wildman–Crippen LogP) is 3.39. The highest BCUT2D eigenvalue weighted by molar-refractivity contribution is 5.80. The number of benzene rings is 1. The third-order valence-electron chi connectivity index (χ3n) is 6.34. The summed E-state index contributed by atoms with van der Waals surface area (Å²) in [5.41, 5.74) is 3.73. The Morgan fingerprint density at radius 3 is 2.65 bits per heavy atom. The summed E-state index contributed by atoms with van der Waals surface area (Å²) in [6.07, 6.45) is 3.12. The van der Waals surface area contributed by atoms with Crippen LogP contribution >= 0.6 is 0 Å². The minimum absolute atomic E-state index is 0.0263. The summed E-state index contributed by atoms with van der Waals surface area (Å²) >= 11 is 0. The lowest BCUT2D eigenvalue weighted by Crippen LogP contribution is -2.61. The van der Waals surface area contributed by atoms with Gasteiger partial charge in [0.05, 0.1) is 12.6 Å². The van der Waals surface area contributed by atoms with Gasteiger partial charge in [-0.3, -0.25) is 9.69 Å². The molecule has 1 aromatic carbocycles. The molecule has 0 aliphatic carbocycles. The molecule has 31 heavy (non-hydrogen) atoms. The van der Waals surface area contributed by atoms with Gasteiger partial charge in [0.15, 0.2) is 17.4 Å². The molecule has 9 heteroatoms. The van der Waals surface area contributed by atoms with Gasteiger partial charge in [-0.15, -0.1) is 0 Å². The molecule has 2 aliphatic rings. The Morgan fingerprint density at radius 2 is 1.94 bits per heavy atom. The topological polar surface area (TPSA) is 91.4 Å². The van der Waals surface area contributed by atoms with Gasteiger partial charge in [-0.2, -0.15) is 10.5 Å². The van der Waals surface area contributed by atoms with E-state index in [1.54, 1.807) is 18.2 Å². The maximum atomic E-state index is 14.5. The van der Waals surface area contributed by atoms with Crippen molar-refractivity contribution in [1.29, 1.82) is 0 Å². The molecule has 2 aliphatic heterocycles. The first kappa shape index (κ1) is 21.3. The van der Waals surface area contributed by atoms with Crippen LogP contribution in [0.3, 0.4) is 0 Å². The van der Waals surface area contributed by atoms with Crippen LogP contribution in [0, 0.1) is 5.82 Å². The molecule has 0 unspecified atom stereocenters. The summed E-state index contributed by atoms with van der Waals surface area (Å²) in [4.78, 5) is 27.5. The van der Waals surface area contributed by atoms with Crippen molar-refractivity contribution in [3.63, 3.8) is 0 Å². The summed E-state index contributed by atoms with van der Waals surface area (Å²) in [5, 5.41) is 6.39. The lowest BCUT2D eigenvalue weighted by Gasteiger charge is -2.53. The molecule has 1 amide bonds. The number of likely N-dealkylation sites (tertiary alicyclic amines) is 1. The zero-order chi connectivity index (χ0) is 22.4. The number of aromatic nitrogens is 2. The molecule has 166 valence electrons. The fourth-order valence-electron chi connectivity index (χ4n) is 4.54. The minimum atomic E-state index is -0.490. The van der Waals surface area contributed by atoms with Gasteiger partial charge in [0, 0.05) is 28.4 Å². The minimum Gasteiger partial charge on any atom is -0.379 e. The monoisotopic (exact) mass is 428 g/mol. The number of hydrogen-bond donors (Lipinski definition) is 3. The van der Waals surface area contributed by atoms with Crippen LogP contribution in [0.25, 0.3) is 0 Å². The quantitative estimate of drug-likeness (QED) is 0.688. The Bertz CT molecular complexity index is 991. The van der Waals surface area contributed by atoms with E-state index in [1.165, 1.54) is 0 Å². The Balaban J connectivity index is 1.52. The molecule has 1 aromatic heterocycles. The van der Waals surface area contributed by atoms with E-state index in [0.717, 1.165) is 24.6 Å². The van der Waals surface area contributed by atoms with E-state index in [4.69, 9.17) is 4.84 Å².